The summed E-state index contributed by atoms with van der Waals surface area (Å²) in [7, 11) is 2.07. The minimum absolute atomic E-state index is 0.156. The van der Waals surface area contributed by atoms with Crippen molar-refractivity contribution in [3.8, 4) is 0 Å². The summed E-state index contributed by atoms with van der Waals surface area (Å²) in [4.78, 5) is 12.4. The van der Waals surface area contributed by atoms with Gasteiger partial charge in [0.15, 0.2) is 0 Å². The van der Waals surface area contributed by atoms with Crippen LogP contribution < -0.4 is 4.90 Å². The highest BCUT2D eigenvalue weighted by Gasteiger charge is 2.20. The number of nitro benzene ring substituents is 1. The van der Waals surface area contributed by atoms with E-state index in [1.165, 1.54) is 25.7 Å². The molecule has 4 nitrogen and oxygen atoms in total. The van der Waals surface area contributed by atoms with Gasteiger partial charge in [-0.1, -0.05) is 12.8 Å². The Kier molecular flexibility index (Phi) is 3.08. The zero-order valence-corrected chi connectivity index (χ0v) is 9.43. The van der Waals surface area contributed by atoms with Crippen molar-refractivity contribution in [2.24, 2.45) is 0 Å². The Morgan fingerprint density at radius 3 is 2.31 bits per heavy atom. The first-order valence-electron chi connectivity index (χ1n) is 5.66. The number of nitrogens with zero attached hydrogens (tertiary/aromatic N) is 2. The van der Waals surface area contributed by atoms with Gasteiger partial charge in [0.1, 0.15) is 0 Å². The average Bonchev–Trinajstić information content (AvgIpc) is 2.81. The molecular weight excluding hydrogens is 204 g/mol. The van der Waals surface area contributed by atoms with Gasteiger partial charge in [0, 0.05) is 30.9 Å². The fourth-order valence-corrected chi connectivity index (χ4v) is 2.31. The molecule has 0 saturated heterocycles. The second-order valence-corrected chi connectivity index (χ2v) is 4.32. The number of hydrogen-bond acceptors (Lipinski definition) is 3. The van der Waals surface area contributed by atoms with Gasteiger partial charge in [0.05, 0.1) is 4.92 Å². The maximum atomic E-state index is 10.5. The van der Waals surface area contributed by atoms with Crippen LogP contribution in [-0.4, -0.2) is 18.0 Å². The van der Waals surface area contributed by atoms with Gasteiger partial charge >= 0.3 is 0 Å². The third-order valence-electron chi connectivity index (χ3n) is 3.34. The van der Waals surface area contributed by atoms with Gasteiger partial charge in [-0.2, -0.15) is 0 Å². The lowest BCUT2D eigenvalue weighted by Gasteiger charge is -2.26. The molecule has 0 spiro atoms. The summed E-state index contributed by atoms with van der Waals surface area (Å²) in [5.74, 6) is 0. The van der Waals surface area contributed by atoms with Crippen molar-refractivity contribution in [2.75, 3.05) is 11.9 Å². The minimum atomic E-state index is -0.362. The number of rotatable bonds is 3. The van der Waals surface area contributed by atoms with Gasteiger partial charge in [0.2, 0.25) is 0 Å². The number of nitro groups is 1. The molecule has 1 aliphatic rings. The van der Waals surface area contributed by atoms with E-state index in [2.05, 4.69) is 11.9 Å². The lowest BCUT2D eigenvalue weighted by Crippen LogP contribution is -2.28. The van der Waals surface area contributed by atoms with Gasteiger partial charge < -0.3 is 4.90 Å². The van der Waals surface area contributed by atoms with E-state index >= 15 is 0 Å². The molecule has 16 heavy (non-hydrogen) atoms. The molecule has 86 valence electrons. The highest BCUT2D eigenvalue weighted by atomic mass is 16.6. The molecule has 1 saturated carbocycles. The van der Waals surface area contributed by atoms with Crippen molar-refractivity contribution in [1.29, 1.82) is 0 Å². The van der Waals surface area contributed by atoms with Crippen LogP contribution in [0.4, 0.5) is 11.4 Å². The molecule has 1 aromatic rings. The van der Waals surface area contributed by atoms with Crippen LogP contribution in [0.5, 0.6) is 0 Å². The van der Waals surface area contributed by atoms with Crippen LogP contribution in [0.1, 0.15) is 25.7 Å². The second-order valence-electron chi connectivity index (χ2n) is 4.32. The fraction of sp³-hybridized carbons (Fsp3) is 0.500. The fourth-order valence-electron chi connectivity index (χ4n) is 2.31. The van der Waals surface area contributed by atoms with Crippen molar-refractivity contribution in [3.05, 3.63) is 34.4 Å². The Labute approximate surface area is 95.0 Å². The molecule has 2 rings (SSSR count). The molecule has 0 aromatic heterocycles. The van der Waals surface area contributed by atoms with Crippen LogP contribution in [0.15, 0.2) is 24.3 Å². The van der Waals surface area contributed by atoms with E-state index in [9.17, 15) is 10.1 Å². The Balaban J connectivity index is 2.11. The summed E-state index contributed by atoms with van der Waals surface area (Å²) in [6.45, 7) is 0. The first-order chi connectivity index (χ1) is 7.68. The quantitative estimate of drug-likeness (QED) is 0.581. The second kappa shape index (κ2) is 4.51. The highest BCUT2D eigenvalue weighted by Crippen LogP contribution is 2.27. The first kappa shape index (κ1) is 10.9. The van der Waals surface area contributed by atoms with Crippen LogP contribution in [0.2, 0.25) is 0 Å². The van der Waals surface area contributed by atoms with Gasteiger partial charge in [-0.15, -0.1) is 0 Å². The first-order valence-corrected chi connectivity index (χ1v) is 5.66. The zero-order valence-electron chi connectivity index (χ0n) is 9.43. The smallest absolute Gasteiger partial charge is 0.269 e. The summed E-state index contributed by atoms with van der Waals surface area (Å²) in [6.07, 6.45) is 5.05. The van der Waals surface area contributed by atoms with Crippen molar-refractivity contribution in [2.45, 2.75) is 31.7 Å². The number of non-ortho nitro benzene ring substituents is 1. The predicted octanol–water partition coefficient (Wildman–Crippen LogP) is 2.97. The van der Waals surface area contributed by atoms with E-state index in [0.29, 0.717) is 6.04 Å². The summed E-state index contributed by atoms with van der Waals surface area (Å²) in [5.41, 5.74) is 1.22. The number of hydrogen-bond donors (Lipinski definition) is 0. The summed E-state index contributed by atoms with van der Waals surface area (Å²) in [6, 6.07) is 7.40. The van der Waals surface area contributed by atoms with Crippen molar-refractivity contribution in [3.63, 3.8) is 0 Å². The van der Waals surface area contributed by atoms with Crippen molar-refractivity contribution >= 4 is 11.4 Å². The Bertz CT molecular complexity index is 369. The average molecular weight is 220 g/mol. The molecule has 1 aromatic carbocycles. The maximum absolute atomic E-state index is 10.5. The molecular formula is C12H16N2O2. The van der Waals surface area contributed by atoms with Crippen LogP contribution in [0, 0.1) is 10.1 Å². The topological polar surface area (TPSA) is 46.4 Å². The maximum Gasteiger partial charge on any atom is 0.269 e. The summed E-state index contributed by atoms with van der Waals surface area (Å²) in [5, 5.41) is 10.5. The molecule has 0 amide bonds. The van der Waals surface area contributed by atoms with Gasteiger partial charge in [-0.25, -0.2) is 0 Å². The molecule has 0 radical (unpaired) electrons. The highest BCUT2D eigenvalue weighted by molar-refractivity contribution is 5.51. The molecule has 4 heteroatoms. The lowest BCUT2D eigenvalue weighted by molar-refractivity contribution is -0.384. The van der Waals surface area contributed by atoms with E-state index in [0.717, 1.165) is 5.69 Å². The van der Waals surface area contributed by atoms with E-state index in [1.807, 2.05) is 12.1 Å². The predicted molar refractivity (Wildman–Crippen MR) is 63.8 cm³/mol. The third-order valence-corrected chi connectivity index (χ3v) is 3.34. The molecule has 1 aliphatic carbocycles. The lowest BCUT2D eigenvalue weighted by atomic mass is 10.2. The normalized spacial score (nSPS) is 16.3. The Morgan fingerprint density at radius 1 is 1.25 bits per heavy atom. The van der Waals surface area contributed by atoms with Crippen LogP contribution in [0.3, 0.4) is 0 Å². The number of anilines is 1. The molecule has 0 unspecified atom stereocenters. The largest absolute Gasteiger partial charge is 0.372 e. The Morgan fingerprint density at radius 2 is 1.81 bits per heavy atom. The van der Waals surface area contributed by atoms with Gasteiger partial charge in [-0.05, 0) is 25.0 Å². The molecule has 0 N–H and O–H groups in total. The summed E-state index contributed by atoms with van der Waals surface area (Å²) < 4.78 is 0. The molecule has 0 heterocycles. The van der Waals surface area contributed by atoms with Crippen LogP contribution in [-0.2, 0) is 0 Å². The van der Waals surface area contributed by atoms with Crippen LogP contribution >= 0.6 is 0 Å². The molecule has 0 aliphatic heterocycles. The van der Waals surface area contributed by atoms with Gasteiger partial charge in [0.25, 0.3) is 5.69 Å². The standard InChI is InChI=1S/C12H16N2O2/c1-13(10-4-2-3-5-10)11-6-8-12(9-7-11)14(15)16/h6-10H,2-5H2,1H3. The molecule has 0 atom stereocenters. The monoisotopic (exact) mass is 220 g/mol. The molecule has 1 fully saturated rings. The van der Waals surface area contributed by atoms with E-state index < -0.39 is 0 Å². The summed E-state index contributed by atoms with van der Waals surface area (Å²) >= 11 is 0. The van der Waals surface area contributed by atoms with Crippen LogP contribution in [0.25, 0.3) is 0 Å². The van der Waals surface area contributed by atoms with Gasteiger partial charge in [-0.3, -0.25) is 10.1 Å². The minimum Gasteiger partial charge on any atom is -0.372 e. The van der Waals surface area contributed by atoms with E-state index in [1.54, 1.807) is 12.1 Å². The SMILES string of the molecule is CN(c1ccc([N+](=O)[O-])cc1)C1CCCC1. The van der Waals surface area contributed by atoms with Crippen molar-refractivity contribution in [1.82, 2.24) is 0 Å². The van der Waals surface area contributed by atoms with Crippen molar-refractivity contribution < 1.29 is 4.92 Å². The Hall–Kier alpha value is -1.58. The molecule has 0 bridgehead atoms. The number of benzene rings is 1. The van der Waals surface area contributed by atoms with E-state index in [-0.39, 0.29) is 10.6 Å². The van der Waals surface area contributed by atoms with E-state index in [4.69, 9.17) is 0 Å². The zero-order chi connectivity index (χ0) is 11.5. The third kappa shape index (κ3) is 2.15.